The van der Waals surface area contributed by atoms with Gasteiger partial charge in [0.15, 0.2) is 0 Å². The van der Waals surface area contributed by atoms with Crippen molar-refractivity contribution >= 4 is 11.9 Å². The first-order valence-electron chi connectivity index (χ1n) is 11.0. The summed E-state index contributed by atoms with van der Waals surface area (Å²) < 4.78 is 12.8. The van der Waals surface area contributed by atoms with Gasteiger partial charge in [-0.3, -0.25) is 4.79 Å². The lowest BCUT2D eigenvalue weighted by Crippen LogP contribution is -2.37. The predicted molar refractivity (Wildman–Crippen MR) is 115 cm³/mol. The molecule has 1 amide bonds. The standard InChI is InChI=1S/C22H31N5O3/c1-2-29-9-3-6-23-21(28)20-12-18(16-27(20)15-17-4-5-17)19-13-24-22(25-14-19)26-7-10-30-11-8-26/h12-14,16-17H,2-11,15H2,1H3,(H,23,28). The van der Waals surface area contributed by atoms with Crippen LogP contribution in [0.3, 0.4) is 0 Å². The van der Waals surface area contributed by atoms with E-state index >= 15 is 0 Å². The van der Waals surface area contributed by atoms with Crippen LogP contribution in [0.4, 0.5) is 5.95 Å². The molecule has 162 valence electrons. The molecule has 30 heavy (non-hydrogen) atoms. The molecule has 2 fully saturated rings. The highest BCUT2D eigenvalue weighted by molar-refractivity contribution is 5.94. The topological polar surface area (TPSA) is 81.5 Å². The molecule has 8 heteroatoms. The molecule has 0 unspecified atom stereocenters. The van der Waals surface area contributed by atoms with E-state index in [-0.39, 0.29) is 5.91 Å². The summed E-state index contributed by atoms with van der Waals surface area (Å²) in [7, 11) is 0. The van der Waals surface area contributed by atoms with Crippen LogP contribution in [0.15, 0.2) is 24.7 Å². The van der Waals surface area contributed by atoms with Gasteiger partial charge in [-0.25, -0.2) is 9.97 Å². The highest BCUT2D eigenvalue weighted by atomic mass is 16.5. The van der Waals surface area contributed by atoms with Crippen molar-refractivity contribution in [1.82, 2.24) is 19.9 Å². The van der Waals surface area contributed by atoms with Gasteiger partial charge < -0.3 is 24.3 Å². The Kier molecular flexibility index (Phi) is 6.96. The van der Waals surface area contributed by atoms with Crippen molar-refractivity contribution < 1.29 is 14.3 Å². The fraction of sp³-hybridized carbons (Fsp3) is 0.591. The zero-order valence-corrected chi connectivity index (χ0v) is 17.7. The molecular formula is C22H31N5O3. The van der Waals surface area contributed by atoms with Gasteiger partial charge in [0.2, 0.25) is 5.95 Å². The summed E-state index contributed by atoms with van der Waals surface area (Å²) in [5, 5.41) is 3.02. The lowest BCUT2D eigenvalue weighted by molar-refractivity contribution is 0.0934. The van der Waals surface area contributed by atoms with Crippen LogP contribution in [0.5, 0.6) is 0 Å². The minimum atomic E-state index is -0.0377. The molecule has 0 atom stereocenters. The van der Waals surface area contributed by atoms with Crippen LogP contribution >= 0.6 is 0 Å². The monoisotopic (exact) mass is 413 g/mol. The third kappa shape index (κ3) is 5.37. The summed E-state index contributed by atoms with van der Waals surface area (Å²) in [4.78, 5) is 24.0. The second-order valence-corrected chi connectivity index (χ2v) is 7.89. The van der Waals surface area contributed by atoms with E-state index in [4.69, 9.17) is 9.47 Å². The predicted octanol–water partition coefficient (Wildman–Crippen LogP) is 2.35. The van der Waals surface area contributed by atoms with Gasteiger partial charge in [-0.15, -0.1) is 0 Å². The average molecular weight is 414 g/mol. The largest absolute Gasteiger partial charge is 0.382 e. The number of amides is 1. The number of rotatable bonds is 10. The first-order chi connectivity index (χ1) is 14.7. The molecule has 2 aliphatic rings. The fourth-order valence-electron chi connectivity index (χ4n) is 3.60. The maximum atomic E-state index is 12.8. The number of carbonyl (C=O) groups is 1. The van der Waals surface area contributed by atoms with Gasteiger partial charge in [-0.1, -0.05) is 0 Å². The number of anilines is 1. The first kappa shape index (κ1) is 20.8. The molecule has 2 aromatic rings. The second kappa shape index (κ2) is 10.0. The summed E-state index contributed by atoms with van der Waals surface area (Å²) >= 11 is 0. The van der Waals surface area contributed by atoms with Crippen LogP contribution in [0.25, 0.3) is 11.1 Å². The minimum absolute atomic E-state index is 0.0377. The molecule has 4 rings (SSSR count). The molecule has 1 aliphatic carbocycles. The number of ether oxygens (including phenoxy) is 2. The number of hydrogen-bond donors (Lipinski definition) is 1. The molecule has 8 nitrogen and oxygen atoms in total. The summed E-state index contributed by atoms with van der Waals surface area (Å²) in [6, 6.07) is 1.95. The highest BCUT2D eigenvalue weighted by Crippen LogP contribution is 2.32. The third-order valence-electron chi connectivity index (χ3n) is 5.50. The van der Waals surface area contributed by atoms with E-state index in [1.54, 1.807) is 0 Å². The van der Waals surface area contributed by atoms with Crippen molar-refractivity contribution in [2.24, 2.45) is 5.92 Å². The Hall–Kier alpha value is -2.45. The van der Waals surface area contributed by atoms with Crippen molar-refractivity contribution in [3.8, 4) is 11.1 Å². The maximum Gasteiger partial charge on any atom is 0.267 e. The van der Waals surface area contributed by atoms with Crippen LogP contribution in [0.2, 0.25) is 0 Å². The Morgan fingerprint density at radius 2 is 2.00 bits per heavy atom. The van der Waals surface area contributed by atoms with Crippen LogP contribution in [0.1, 0.15) is 36.7 Å². The number of carbonyl (C=O) groups excluding carboxylic acids is 1. The van der Waals surface area contributed by atoms with E-state index in [0.717, 1.165) is 43.1 Å². The Bertz CT molecular complexity index is 826. The zero-order valence-electron chi connectivity index (χ0n) is 17.7. The van der Waals surface area contributed by atoms with E-state index in [2.05, 4.69) is 30.9 Å². The molecule has 0 radical (unpaired) electrons. The zero-order chi connectivity index (χ0) is 20.8. The van der Waals surface area contributed by atoms with Crippen LogP contribution < -0.4 is 10.2 Å². The van der Waals surface area contributed by atoms with E-state index in [1.807, 2.05) is 25.4 Å². The van der Waals surface area contributed by atoms with Gasteiger partial charge in [0.05, 0.1) is 13.2 Å². The quantitative estimate of drug-likeness (QED) is 0.602. The Morgan fingerprint density at radius 1 is 1.23 bits per heavy atom. The lowest BCUT2D eigenvalue weighted by atomic mass is 10.2. The number of hydrogen-bond acceptors (Lipinski definition) is 6. The van der Waals surface area contributed by atoms with Crippen molar-refractivity contribution in [2.45, 2.75) is 32.7 Å². The average Bonchev–Trinajstić information content (AvgIpc) is 3.50. The van der Waals surface area contributed by atoms with Gasteiger partial charge in [-0.2, -0.15) is 0 Å². The number of morpholine rings is 1. The normalized spacial score (nSPS) is 16.6. The van der Waals surface area contributed by atoms with E-state index in [1.165, 1.54) is 12.8 Å². The van der Waals surface area contributed by atoms with Gasteiger partial charge in [0.25, 0.3) is 5.91 Å². The summed E-state index contributed by atoms with van der Waals surface area (Å²) in [5.41, 5.74) is 2.60. The molecule has 3 heterocycles. The van der Waals surface area contributed by atoms with Gasteiger partial charge in [0, 0.05) is 69.1 Å². The first-order valence-corrected chi connectivity index (χ1v) is 11.0. The van der Waals surface area contributed by atoms with Gasteiger partial charge in [0.1, 0.15) is 5.69 Å². The van der Waals surface area contributed by atoms with Crippen LogP contribution in [-0.4, -0.2) is 66.5 Å². The molecule has 1 saturated carbocycles. The van der Waals surface area contributed by atoms with Gasteiger partial charge in [-0.05, 0) is 38.2 Å². The van der Waals surface area contributed by atoms with Gasteiger partial charge >= 0.3 is 0 Å². The van der Waals surface area contributed by atoms with E-state index in [0.29, 0.717) is 44.6 Å². The minimum Gasteiger partial charge on any atom is -0.382 e. The number of nitrogens with one attached hydrogen (secondary N) is 1. The summed E-state index contributed by atoms with van der Waals surface area (Å²) in [5.74, 6) is 1.37. The van der Waals surface area contributed by atoms with Crippen LogP contribution in [-0.2, 0) is 16.0 Å². The smallest absolute Gasteiger partial charge is 0.267 e. The summed E-state index contributed by atoms with van der Waals surface area (Å²) in [6.45, 7) is 7.87. The van der Waals surface area contributed by atoms with Crippen molar-refractivity contribution in [2.75, 3.05) is 51.0 Å². The number of nitrogens with zero attached hydrogens (tertiary/aromatic N) is 4. The molecular weight excluding hydrogens is 382 g/mol. The number of aromatic nitrogens is 3. The molecule has 1 N–H and O–H groups in total. The summed E-state index contributed by atoms with van der Waals surface area (Å²) in [6.07, 6.45) is 9.03. The molecule has 0 spiro atoms. The van der Waals surface area contributed by atoms with Crippen LogP contribution in [0, 0.1) is 5.92 Å². The molecule has 1 aliphatic heterocycles. The third-order valence-corrected chi connectivity index (χ3v) is 5.50. The van der Waals surface area contributed by atoms with Crippen molar-refractivity contribution in [3.63, 3.8) is 0 Å². The molecule has 0 aromatic carbocycles. The molecule has 0 bridgehead atoms. The van der Waals surface area contributed by atoms with E-state index in [9.17, 15) is 4.79 Å². The fourth-order valence-corrected chi connectivity index (χ4v) is 3.60. The SMILES string of the molecule is CCOCCCNC(=O)c1cc(-c2cnc(N3CCOCC3)nc2)cn1CC1CC1. The Labute approximate surface area is 177 Å². The maximum absolute atomic E-state index is 12.8. The Balaban J connectivity index is 1.45. The van der Waals surface area contributed by atoms with Crippen molar-refractivity contribution in [3.05, 3.63) is 30.4 Å². The second-order valence-electron chi connectivity index (χ2n) is 7.89. The molecule has 2 aromatic heterocycles. The lowest BCUT2D eigenvalue weighted by Gasteiger charge is -2.26. The highest BCUT2D eigenvalue weighted by Gasteiger charge is 2.24. The van der Waals surface area contributed by atoms with Crippen molar-refractivity contribution in [1.29, 1.82) is 0 Å². The Morgan fingerprint density at radius 3 is 2.70 bits per heavy atom. The molecule has 1 saturated heterocycles. The van der Waals surface area contributed by atoms with E-state index < -0.39 is 0 Å².